The van der Waals surface area contributed by atoms with Crippen LogP contribution in [-0.2, 0) is 24.7 Å². The van der Waals surface area contributed by atoms with Gasteiger partial charge in [0.25, 0.3) is 0 Å². The molecule has 0 aliphatic heterocycles. The van der Waals surface area contributed by atoms with Gasteiger partial charge in [-0.2, -0.15) is 5.10 Å². The highest BCUT2D eigenvalue weighted by Gasteiger charge is 2.05. The minimum atomic E-state index is 0.354. The average Bonchev–Trinajstić information content (AvgIpc) is 2.98. The smallest absolute Gasteiger partial charge is 0.133 e. The van der Waals surface area contributed by atoms with Gasteiger partial charge in [0.05, 0.1) is 0 Å². The van der Waals surface area contributed by atoms with E-state index in [4.69, 9.17) is 0 Å². The van der Waals surface area contributed by atoms with Gasteiger partial charge in [0.2, 0.25) is 0 Å². The molecule has 2 aromatic heterocycles. The van der Waals surface area contributed by atoms with Crippen molar-refractivity contribution in [3.05, 3.63) is 40.3 Å². The number of carbonyl (C=O) groups excluding carboxylic acids is 1. The predicted octanol–water partition coefficient (Wildman–Crippen LogP) is 3.01. The molecule has 2 rings (SSSR count). The summed E-state index contributed by atoms with van der Waals surface area (Å²) in [4.78, 5) is 13.1. The lowest BCUT2D eigenvalue weighted by atomic mass is 10.1. The normalized spacial score (nSPS) is 10.7. The van der Waals surface area contributed by atoms with Crippen molar-refractivity contribution in [3.8, 4) is 0 Å². The van der Waals surface area contributed by atoms with Crippen molar-refractivity contribution >= 4 is 17.1 Å². The van der Waals surface area contributed by atoms with Gasteiger partial charge in [0.1, 0.15) is 5.78 Å². The van der Waals surface area contributed by atoms with Crippen LogP contribution in [0.15, 0.2) is 29.8 Å². The molecule has 0 bridgehead atoms. The largest absolute Gasteiger partial charge is 0.300 e. The van der Waals surface area contributed by atoms with Crippen molar-refractivity contribution in [2.45, 2.75) is 32.1 Å². The first-order valence-electron chi connectivity index (χ1n) is 6.26. The van der Waals surface area contributed by atoms with E-state index in [0.29, 0.717) is 18.6 Å². The van der Waals surface area contributed by atoms with Crippen LogP contribution in [0.1, 0.15) is 29.8 Å². The van der Waals surface area contributed by atoms with E-state index in [1.807, 2.05) is 17.8 Å². The van der Waals surface area contributed by atoms with Gasteiger partial charge >= 0.3 is 0 Å². The van der Waals surface area contributed by atoms with Crippen LogP contribution in [0.3, 0.4) is 0 Å². The lowest BCUT2D eigenvalue weighted by Gasteiger charge is -2.02. The van der Waals surface area contributed by atoms with E-state index in [-0.39, 0.29) is 0 Å². The number of aryl methyl sites for hydroxylation is 3. The summed E-state index contributed by atoms with van der Waals surface area (Å²) >= 11 is 1.77. The SMILES string of the molecule is Cn1nccc1CCC(=O)CCCc1cccs1. The molecule has 2 heterocycles. The Morgan fingerprint density at radius 2 is 2.22 bits per heavy atom. The summed E-state index contributed by atoms with van der Waals surface area (Å²) in [5, 5.41) is 6.18. The first-order chi connectivity index (χ1) is 8.75. The van der Waals surface area contributed by atoms with Crippen LogP contribution in [0.2, 0.25) is 0 Å². The van der Waals surface area contributed by atoms with Crippen molar-refractivity contribution in [2.75, 3.05) is 0 Å². The average molecular weight is 262 g/mol. The minimum Gasteiger partial charge on any atom is -0.300 e. The summed E-state index contributed by atoms with van der Waals surface area (Å²) in [6.07, 6.45) is 5.88. The Balaban J connectivity index is 1.65. The van der Waals surface area contributed by atoms with E-state index < -0.39 is 0 Å². The third-order valence-electron chi connectivity index (χ3n) is 3.04. The summed E-state index contributed by atoms with van der Waals surface area (Å²) in [6, 6.07) is 6.16. The number of aromatic nitrogens is 2. The number of ketones is 1. The zero-order valence-corrected chi connectivity index (χ0v) is 11.4. The number of rotatable bonds is 7. The number of thiophene rings is 1. The molecule has 0 spiro atoms. The Hall–Kier alpha value is -1.42. The standard InChI is InChI=1S/C14H18N2OS/c1-16-12(9-10-15-16)7-8-13(17)4-2-5-14-6-3-11-18-14/h3,6,9-11H,2,4-5,7-8H2,1H3. The fraction of sp³-hybridized carbons (Fsp3) is 0.429. The fourth-order valence-electron chi connectivity index (χ4n) is 1.95. The topological polar surface area (TPSA) is 34.9 Å². The Labute approximate surface area is 111 Å². The van der Waals surface area contributed by atoms with Crippen LogP contribution in [0.25, 0.3) is 0 Å². The van der Waals surface area contributed by atoms with Crippen LogP contribution in [-0.4, -0.2) is 15.6 Å². The maximum absolute atomic E-state index is 11.8. The summed E-state index contributed by atoms with van der Waals surface area (Å²) in [5.74, 6) is 0.354. The Bertz CT molecular complexity index is 488. The molecule has 0 radical (unpaired) electrons. The molecule has 0 aromatic carbocycles. The fourth-order valence-corrected chi connectivity index (χ4v) is 2.70. The number of carbonyl (C=O) groups is 1. The maximum Gasteiger partial charge on any atom is 0.133 e. The molecule has 4 heteroatoms. The quantitative estimate of drug-likeness (QED) is 0.769. The zero-order valence-electron chi connectivity index (χ0n) is 10.6. The molecule has 0 aliphatic carbocycles. The van der Waals surface area contributed by atoms with Gasteiger partial charge in [0.15, 0.2) is 0 Å². The van der Waals surface area contributed by atoms with Crippen molar-refractivity contribution in [1.29, 1.82) is 0 Å². The summed E-state index contributed by atoms with van der Waals surface area (Å²) in [5.41, 5.74) is 1.13. The third-order valence-corrected chi connectivity index (χ3v) is 3.98. The van der Waals surface area contributed by atoms with Gasteiger partial charge in [-0.15, -0.1) is 11.3 Å². The first-order valence-corrected chi connectivity index (χ1v) is 7.14. The molecule has 0 N–H and O–H groups in total. The van der Waals surface area contributed by atoms with Gasteiger partial charge in [-0.05, 0) is 36.8 Å². The van der Waals surface area contributed by atoms with Crippen LogP contribution < -0.4 is 0 Å². The first kappa shape index (κ1) is 13.0. The van der Waals surface area contributed by atoms with Crippen LogP contribution in [0.4, 0.5) is 0 Å². The van der Waals surface area contributed by atoms with Gasteiger partial charge in [-0.3, -0.25) is 9.48 Å². The number of nitrogens with zero attached hydrogens (tertiary/aromatic N) is 2. The predicted molar refractivity (Wildman–Crippen MR) is 73.8 cm³/mol. The van der Waals surface area contributed by atoms with E-state index in [1.165, 1.54) is 4.88 Å². The molecule has 3 nitrogen and oxygen atoms in total. The number of Topliss-reactive ketones (excluding diaryl/α,β-unsaturated/α-hetero) is 1. The van der Waals surface area contributed by atoms with Crippen LogP contribution >= 0.6 is 11.3 Å². The van der Waals surface area contributed by atoms with Crippen LogP contribution in [0.5, 0.6) is 0 Å². The molecule has 96 valence electrons. The third kappa shape index (κ3) is 3.81. The molecule has 0 aliphatic rings. The monoisotopic (exact) mass is 262 g/mol. The lowest BCUT2D eigenvalue weighted by molar-refractivity contribution is -0.119. The van der Waals surface area contributed by atoms with Gasteiger partial charge in [0, 0.05) is 36.7 Å². The highest BCUT2D eigenvalue weighted by Crippen LogP contribution is 2.13. The van der Waals surface area contributed by atoms with E-state index >= 15 is 0 Å². The zero-order chi connectivity index (χ0) is 12.8. The van der Waals surface area contributed by atoms with E-state index in [0.717, 1.165) is 25.0 Å². The second kappa shape index (κ2) is 6.50. The molecule has 0 fully saturated rings. The lowest BCUT2D eigenvalue weighted by Crippen LogP contribution is -2.04. The van der Waals surface area contributed by atoms with Gasteiger partial charge in [-0.25, -0.2) is 0 Å². The number of hydrogen-bond donors (Lipinski definition) is 0. The second-order valence-electron chi connectivity index (χ2n) is 4.42. The maximum atomic E-state index is 11.8. The highest BCUT2D eigenvalue weighted by molar-refractivity contribution is 7.09. The molecular formula is C14H18N2OS. The number of hydrogen-bond acceptors (Lipinski definition) is 3. The molecule has 0 atom stereocenters. The molecular weight excluding hydrogens is 244 g/mol. The minimum absolute atomic E-state index is 0.354. The molecule has 0 unspecified atom stereocenters. The summed E-state index contributed by atoms with van der Waals surface area (Å²) in [6.45, 7) is 0. The Morgan fingerprint density at radius 1 is 1.33 bits per heavy atom. The van der Waals surface area contributed by atoms with E-state index in [9.17, 15) is 4.79 Å². The van der Waals surface area contributed by atoms with Gasteiger partial charge in [-0.1, -0.05) is 6.07 Å². The molecule has 18 heavy (non-hydrogen) atoms. The highest BCUT2D eigenvalue weighted by atomic mass is 32.1. The molecule has 0 saturated carbocycles. The van der Waals surface area contributed by atoms with Crippen molar-refractivity contribution < 1.29 is 4.79 Å². The Morgan fingerprint density at radius 3 is 2.89 bits per heavy atom. The van der Waals surface area contributed by atoms with Crippen molar-refractivity contribution in [3.63, 3.8) is 0 Å². The van der Waals surface area contributed by atoms with Crippen molar-refractivity contribution in [2.24, 2.45) is 7.05 Å². The molecule has 0 saturated heterocycles. The summed E-state index contributed by atoms with van der Waals surface area (Å²) in [7, 11) is 1.91. The van der Waals surface area contributed by atoms with E-state index in [1.54, 1.807) is 17.5 Å². The van der Waals surface area contributed by atoms with Crippen molar-refractivity contribution in [1.82, 2.24) is 9.78 Å². The van der Waals surface area contributed by atoms with E-state index in [2.05, 4.69) is 22.6 Å². The Kier molecular flexibility index (Phi) is 4.70. The molecule has 0 amide bonds. The van der Waals surface area contributed by atoms with Gasteiger partial charge < -0.3 is 0 Å². The van der Waals surface area contributed by atoms with Crippen LogP contribution in [0, 0.1) is 0 Å². The molecule has 2 aromatic rings. The summed E-state index contributed by atoms with van der Waals surface area (Å²) < 4.78 is 1.83. The second-order valence-corrected chi connectivity index (χ2v) is 5.45.